The lowest BCUT2D eigenvalue weighted by atomic mass is 11.0. The van der Waals surface area contributed by atoms with E-state index in [1.165, 1.54) is 12.5 Å². The summed E-state index contributed by atoms with van der Waals surface area (Å²) in [7, 11) is 0. The van der Waals surface area contributed by atoms with Crippen LogP contribution in [0.2, 0.25) is 0 Å². The van der Waals surface area contributed by atoms with E-state index in [0.29, 0.717) is 6.73 Å². The molecule has 3 heteroatoms. The third-order valence-electron chi connectivity index (χ3n) is 0.438. The van der Waals surface area contributed by atoms with E-state index in [1.807, 2.05) is 0 Å². The number of rotatable bonds is 0. The highest BCUT2D eigenvalue weighted by atomic mass is 16.5. The summed E-state index contributed by atoms with van der Waals surface area (Å²) < 4.78 is 4.63. The molecule has 0 saturated heterocycles. The summed E-state index contributed by atoms with van der Waals surface area (Å²) in [5.41, 5.74) is 0. The molecule has 0 N–H and O–H groups in total. The second-order valence-electron chi connectivity index (χ2n) is 0.838. The summed E-state index contributed by atoms with van der Waals surface area (Å²) in [5.74, 6) is 0. The molecule has 3 nitrogen and oxygen atoms in total. The van der Waals surface area contributed by atoms with Crippen LogP contribution >= 0.6 is 0 Å². The summed E-state index contributed by atoms with van der Waals surface area (Å²) >= 11 is 0. The lowest BCUT2D eigenvalue weighted by Crippen LogP contribution is -1.81. The van der Waals surface area contributed by atoms with E-state index in [1.54, 1.807) is 0 Å². The molecule has 0 aliphatic carbocycles. The van der Waals surface area contributed by atoms with E-state index >= 15 is 0 Å². The molecule has 0 fully saturated rings. The van der Waals surface area contributed by atoms with Crippen LogP contribution < -0.4 is 0 Å². The zero-order chi connectivity index (χ0) is 4.24. The van der Waals surface area contributed by atoms with E-state index in [-0.39, 0.29) is 0 Å². The largest absolute Gasteiger partial charge is 0.476 e. The van der Waals surface area contributed by atoms with Crippen molar-refractivity contribution >= 4 is 0 Å². The molecule has 32 valence electrons. The first-order chi connectivity index (χ1) is 3.00. The number of nitrogens with zero attached hydrogens (tertiary/aromatic N) is 2. The van der Waals surface area contributed by atoms with Crippen LogP contribution in [0.15, 0.2) is 22.7 Å². The lowest BCUT2D eigenvalue weighted by Gasteiger charge is -1.93. The van der Waals surface area contributed by atoms with E-state index < -0.39 is 0 Å². The van der Waals surface area contributed by atoms with Crippen LogP contribution in [0, 0.1) is 0 Å². The zero-order valence-corrected chi connectivity index (χ0v) is 3.16. The van der Waals surface area contributed by atoms with Gasteiger partial charge in [-0.25, -0.2) is 0 Å². The maximum Gasteiger partial charge on any atom is 0.198 e. The first kappa shape index (κ1) is 3.33. The summed E-state index contributed by atoms with van der Waals surface area (Å²) in [6.45, 7) is 0.372. The predicted molar refractivity (Wildman–Crippen MR) is 19.9 cm³/mol. The molecule has 1 aliphatic heterocycles. The van der Waals surface area contributed by atoms with Crippen molar-refractivity contribution in [2.45, 2.75) is 0 Å². The normalized spacial score (nSPS) is 17.3. The fraction of sp³-hybridized carbons (Fsp3) is 0.333. The van der Waals surface area contributed by atoms with Crippen molar-refractivity contribution in [3.8, 4) is 0 Å². The molecule has 1 aliphatic rings. The van der Waals surface area contributed by atoms with Crippen LogP contribution in [-0.4, -0.2) is 6.73 Å². The van der Waals surface area contributed by atoms with Gasteiger partial charge >= 0.3 is 0 Å². The number of hydrogen-bond acceptors (Lipinski definition) is 3. The monoisotopic (exact) mass is 84.0 g/mol. The Morgan fingerprint density at radius 2 is 2.67 bits per heavy atom. The van der Waals surface area contributed by atoms with Gasteiger partial charge in [-0.3, -0.25) is 0 Å². The molecular weight excluding hydrogens is 80.0 g/mol. The Kier molecular flexibility index (Phi) is 0.859. The first-order valence-corrected chi connectivity index (χ1v) is 1.63. The zero-order valence-electron chi connectivity index (χ0n) is 3.16. The minimum Gasteiger partial charge on any atom is -0.476 e. The molecule has 0 saturated carbocycles. The van der Waals surface area contributed by atoms with Crippen molar-refractivity contribution < 1.29 is 4.74 Å². The lowest BCUT2D eigenvalue weighted by molar-refractivity contribution is 0.245. The molecule has 1 heterocycles. The van der Waals surface area contributed by atoms with Crippen LogP contribution in [0.25, 0.3) is 0 Å². The van der Waals surface area contributed by atoms with Crippen LogP contribution in [-0.2, 0) is 4.74 Å². The Hall–Kier alpha value is -0.860. The number of ether oxygens (including phenoxy) is 1. The molecule has 0 radical (unpaired) electrons. The van der Waals surface area contributed by atoms with E-state index in [9.17, 15) is 0 Å². The maximum absolute atomic E-state index is 4.63. The molecule has 0 aromatic rings. The summed E-state index contributed by atoms with van der Waals surface area (Å²) in [6, 6.07) is 0. The van der Waals surface area contributed by atoms with Crippen LogP contribution in [0.4, 0.5) is 0 Å². The van der Waals surface area contributed by atoms with Gasteiger partial charge in [-0.05, 0) is 0 Å². The van der Waals surface area contributed by atoms with Crippen molar-refractivity contribution in [3.05, 3.63) is 12.5 Å². The molecule has 0 atom stereocenters. The SMILES string of the molecule is C1=COCN=N1. The summed E-state index contributed by atoms with van der Waals surface area (Å²) in [6.07, 6.45) is 3.01. The van der Waals surface area contributed by atoms with Gasteiger partial charge in [0.1, 0.15) is 6.26 Å². The quantitative estimate of drug-likeness (QED) is 0.429. The smallest absolute Gasteiger partial charge is 0.198 e. The minimum atomic E-state index is 0.372. The van der Waals surface area contributed by atoms with Crippen LogP contribution in [0.5, 0.6) is 0 Å². The Labute approximate surface area is 35.3 Å². The van der Waals surface area contributed by atoms with E-state index in [4.69, 9.17) is 0 Å². The van der Waals surface area contributed by atoms with Crippen molar-refractivity contribution in [2.75, 3.05) is 6.73 Å². The molecule has 1 rings (SSSR count). The van der Waals surface area contributed by atoms with Crippen molar-refractivity contribution in [3.63, 3.8) is 0 Å². The second kappa shape index (κ2) is 1.55. The molecule has 0 amide bonds. The van der Waals surface area contributed by atoms with Gasteiger partial charge in [0.15, 0.2) is 6.73 Å². The predicted octanol–water partition coefficient (Wildman–Crippen LogP) is 0.897. The summed E-state index contributed by atoms with van der Waals surface area (Å²) in [5, 5.41) is 6.99. The molecular formula is C3H4N2O. The highest BCUT2D eigenvalue weighted by Crippen LogP contribution is 1.88. The van der Waals surface area contributed by atoms with Gasteiger partial charge in [0, 0.05) is 0 Å². The van der Waals surface area contributed by atoms with Crippen LogP contribution in [0.3, 0.4) is 0 Å². The highest BCUT2D eigenvalue weighted by molar-refractivity contribution is 4.69. The average Bonchev–Trinajstić information content (AvgIpc) is 1.72. The van der Waals surface area contributed by atoms with Gasteiger partial charge < -0.3 is 4.74 Å². The second-order valence-corrected chi connectivity index (χ2v) is 0.838. The van der Waals surface area contributed by atoms with E-state index in [2.05, 4.69) is 15.0 Å². The molecule has 0 aromatic heterocycles. The van der Waals surface area contributed by atoms with Crippen molar-refractivity contribution in [1.29, 1.82) is 0 Å². The van der Waals surface area contributed by atoms with E-state index in [0.717, 1.165) is 0 Å². The minimum absolute atomic E-state index is 0.372. The third kappa shape index (κ3) is 0.544. The Morgan fingerprint density at radius 1 is 1.67 bits per heavy atom. The number of hydrogen-bond donors (Lipinski definition) is 0. The summed E-state index contributed by atoms with van der Waals surface area (Å²) in [4.78, 5) is 0. The van der Waals surface area contributed by atoms with Crippen molar-refractivity contribution in [2.24, 2.45) is 10.2 Å². The highest BCUT2D eigenvalue weighted by Gasteiger charge is 1.77. The third-order valence-corrected chi connectivity index (χ3v) is 0.438. The van der Waals surface area contributed by atoms with Crippen molar-refractivity contribution in [1.82, 2.24) is 0 Å². The Morgan fingerprint density at radius 3 is 2.83 bits per heavy atom. The molecule has 0 bridgehead atoms. The molecule has 0 unspecified atom stereocenters. The van der Waals surface area contributed by atoms with Gasteiger partial charge in [-0.15, -0.1) is 5.11 Å². The average molecular weight is 84.1 g/mol. The molecule has 6 heavy (non-hydrogen) atoms. The maximum atomic E-state index is 4.63. The fourth-order valence-corrected chi connectivity index (χ4v) is 0.227. The Bertz CT molecular complexity index is 74.8. The standard InChI is InChI=1S/C3H4N2O/c1-2-6-3-5-4-1/h1-2H,3H2. The molecule has 0 aromatic carbocycles. The fourth-order valence-electron chi connectivity index (χ4n) is 0.227. The molecule has 0 spiro atoms. The van der Waals surface area contributed by atoms with Gasteiger partial charge in [-0.2, -0.15) is 5.11 Å². The van der Waals surface area contributed by atoms with Gasteiger partial charge in [-0.1, -0.05) is 0 Å². The Balaban J connectivity index is 2.46. The first-order valence-electron chi connectivity index (χ1n) is 1.63. The number of azo groups is 1. The topological polar surface area (TPSA) is 34.0 Å². The van der Waals surface area contributed by atoms with Crippen LogP contribution in [0.1, 0.15) is 0 Å². The van der Waals surface area contributed by atoms with Gasteiger partial charge in [0.25, 0.3) is 0 Å². The van der Waals surface area contributed by atoms with Gasteiger partial charge in [0.2, 0.25) is 0 Å². The van der Waals surface area contributed by atoms with Gasteiger partial charge in [0.05, 0.1) is 6.20 Å².